The molecule has 0 aliphatic carbocycles. The predicted octanol–water partition coefficient (Wildman–Crippen LogP) is 2.10. The van der Waals surface area contributed by atoms with Gasteiger partial charge in [0.25, 0.3) is 0 Å². The van der Waals surface area contributed by atoms with E-state index in [-0.39, 0.29) is 5.91 Å². The lowest BCUT2D eigenvalue weighted by Crippen LogP contribution is -2.49. The van der Waals surface area contributed by atoms with Gasteiger partial charge in [0.05, 0.1) is 12.7 Å². The molecule has 0 spiro atoms. The number of aryl methyl sites for hydroxylation is 1. The van der Waals surface area contributed by atoms with E-state index in [9.17, 15) is 4.79 Å². The normalized spacial score (nSPS) is 14.2. The Hall–Kier alpha value is -3.88. The Morgan fingerprint density at radius 3 is 2.61 bits per heavy atom. The van der Waals surface area contributed by atoms with Crippen LogP contribution in [0.2, 0.25) is 0 Å². The molecule has 5 rings (SSSR count). The average molecular weight is 416 g/mol. The fraction of sp³-hybridized carbons (Fsp3) is 0.273. The summed E-state index contributed by atoms with van der Waals surface area (Å²) >= 11 is 0. The van der Waals surface area contributed by atoms with Crippen LogP contribution in [-0.4, -0.2) is 61.1 Å². The molecule has 1 N–H and O–H groups in total. The number of amides is 1. The number of carbonyl (C=O) groups excluding carboxylic acids is 1. The van der Waals surface area contributed by atoms with Crippen molar-refractivity contribution in [3.8, 4) is 0 Å². The maximum atomic E-state index is 12.7. The molecule has 3 aromatic heterocycles. The van der Waals surface area contributed by atoms with Crippen LogP contribution in [0, 0.1) is 0 Å². The summed E-state index contributed by atoms with van der Waals surface area (Å²) in [5, 5.41) is 7.96. The Labute approximate surface area is 179 Å². The van der Waals surface area contributed by atoms with Gasteiger partial charge in [0.2, 0.25) is 11.9 Å². The molecule has 1 amide bonds. The Kier molecular flexibility index (Phi) is 4.99. The third kappa shape index (κ3) is 4.07. The molecule has 4 aromatic rings. The number of nitrogens with zero attached hydrogens (tertiary/aromatic N) is 7. The lowest BCUT2D eigenvalue weighted by Gasteiger charge is -2.34. The van der Waals surface area contributed by atoms with E-state index in [1.807, 2.05) is 75.9 Å². The average Bonchev–Trinajstić information content (AvgIpc) is 3.43. The van der Waals surface area contributed by atoms with Gasteiger partial charge < -0.3 is 19.7 Å². The van der Waals surface area contributed by atoms with E-state index in [1.54, 1.807) is 6.33 Å². The molecular formula is C22H24N8O. The molecule has 0 radical (unpaired) electrons. The van der Waals surface area contributed by atoms with E-state index in [4.69, 9.17) is 4.98 Å². The summed E-state index contributed by atoms with van der Waals surface area (Å²) in [6.07, 6.45) is 5.98. The molecule has 0 unspecified atom stereocenters. The number of aromatic nitrogens is 5. The smallest absolute Gasteiger partial charge is 0.245 e. The number of fused-ring (bicyclic) bond motifs is 1. The number of carbonyl (C=O) groups is 1. The van der Waals surface area contributed by atoms with Gasteiger partial charge in [-0.05, 0) is 17.7 Å². The first-order valence-electron chi connectivity index (χ1n) is 10.3. The zero-order valence-corrected chi connectivity index (χ0v) is 17.3. The summed E-state index contributed by atoms with van der Waals surface area (Å²) in [4.78, 5) is 25.8. The predicted molar refractivity (Wildman–Crippen MR) is 118 cm³/mol. The van der Waals surface area contributed by atoms with Crippen molar-refractivity contribution in [3.05, 3.63) is 66.7 Å². The number of piperazine rings is 1. The third-order valence-electron chi connectivity index (χ3n) is 5.44. The Bertz CT molecular complexity index is 1190. The van der Waals surface area contributed by atoms with Crippen LogP contribution in [0.4, 0.5) is 17.6 Å². The molecule has 4 heterocycles. The van der Waals surface area contributed by atoms with Crippen molar-refractivity contribution in [2.45, 2.75) is 6.42 Å². The van der Waals surface area contributed by atoms with Crippen LogP contribution in [0.5, 0.6) is 0 Å². The van der Waals surface area contributed by atoms with Gasteiger partial charge >= 0.3 is 0 Å². The molecule has 0 saturated carbocycles. The van der Waals surface area contributed by atoms with Gasteiger partial charge in [0.1, 0.15) is 11.3 Å². The highest BCUT2D eigenvalue weighted by atomic mass is 16.2. The molecule has 158 valence electrons. The highest BCUT2D eigenvalue weighted by Gasteiger charge is 2.24. The third-order valence-corrected chi connectivity index (χ3v) is 5.44. The summed E-state index contributed by atoms with van der Waals surface area (Å²) < 4.78 is 3.70. The largest absolute Gasteiger partial charge is 0.339 e. The van der Waals surface area contributed by atoms with Gasteiger partial charge in [-0.25, -0.2) is 9.50 Å². The number of hydrogen-bond acceptors (Lipinski definition) is 6. The van der Waals surface area contributed by atoms with Gasteiger partial charge in [-0.3, -0.25) is 4.79 Å². The van der Waals surface area contributed by atoms with Crippen molar-refractivity contribution in [1.29, 1.82) is 0 Å². The molecule has 1 saturated heterocycles. The quantitative estimate of drug-likeness (QED) is 0.536. The lowest BCUT2D eigenvalue weighted by molar-refractivity contribution is -0.130. The first-order valence-corrected chi connectivity index (χ1v) is 10.3. The monoisotopic (exact) mass is 416 g/mol. The fourth-order valence-electron chi connectivity index (χ4n) is 3.79. The minimum atomic E-state index is 0.158. The maximum absolute atomic E-state index is 12.7. The van der Waals surface area contributed by atoms with Crippen LogP contribution in [0.1, 0.15) is 5.56 Å². The first-order chi connectivity index (χ1) is 15.2. The standard InChI is InChI=1S/C22H24N8O/c1-27-15-19(23-16-27)24-21-18-8-5-9-30(18)26-22(25-21)29-12-10-28(11-13-29)20(31)14-17-6-3-2-4-7-17/h2-9,15-16H,10-14H2,1H3,(H,24,25,26). The van der Waals surface area contributed by atoms with Crippen molar-refractivity contribution in [2.24, 2.45) is 7.05 Å². The minimum absolute atomic E-state index is 0.158. The molecule has 1 aliphatic rings. The second kappa shape index (κ2) is 8.10. The number of anilines is 3. The van der Waals surface area contributed by atoms with Crippen LogP contribution in [0.15, 0.2) is 61.2 Å². The molecular weight excluding hydrogens is 392 g/mol. The minimum Gasteiger partial charge on any atom is -0.339 e. The van der Waals surface area contributed by atoms with Crippen molar-refractivity contribution in [2.75, 3.05) is 36.4 Å². The summed E-state index contributed by atoms with van der Waals surface area (Å²) in [5.41, 5.74) is 1.92. The van der Waals surface area contributed by atoms with E-state index in [0.717, 1.165) is 16.9 Å². The van der Waals surface area contributed by atoms with Crippen molar-refractivity contribution < 1.29 is 4.79 Å². The number of nitrogens with one attached hydrogen (secondary N) is 1. The summed E-state index contributed by atoms with van der Waals surface area (Å²) in [6.45, 7) is 2.69. The topological polar surface area (TPSA) is 83.6 Å². The number of imidazole rings is 1. The number of benzene rings is 1. The Morgan fingerprint density at radius 1 is 1.06 bits per heavy atom. The summed E-state index contributed by atoms with van der Waals surface area (Å²) in [7, 11) is 1.93. The number of hydrogen-bond donors (Lipinski definition) is 1. The first kappa shape index (κ1) is 19.1. The highest BCUT2D eigenvalue weighted by molar-refractivity contribution is 5.79. The summed E-state index contributed by atoms with van der Waals surface area (Å²) in [5.74, 6) is 2.23. The fourth-order valence-corrected chi connectivity index (χ4v) is 3.79. The van der Waals surface area contributed by atoms with E-state index in [1.165, 1.54) is 0 Å². The molecule has 0 atom stereocenters. The second-order valence-electron chi connectivity index (χ2n) is 7.68. The van der Waals surface area contributed by atoms with E-state index in [2.05, 4.69) is 20.3 Å². The van der Waals surface area contributed by atoms with E-state index < -0.39 is 0 Å². The molecule has 31 heavy (non-hydrogen) atoms. The molecule has 9 nitrogen and oxygen atoms in total. The molecule has 0 bridgehead atoms. The van der Waals surface area contributed by atoms with Gasteiger partial charge in [0, 0.05) is 45.6 Å². The van der Waals surface area contributed by atoms with Gasteiger partial charge in [-0.2, -0.15) is 4.98 Å². The molecule has 1 aliphatic heterocycles. The zero-order chi connectivity index (χ0) is 21.2. The van der Waals surface area contributed by atoms with Crippen LogP contribution in [0.3, 0.4) is 0 Å². The Morgan fingerprint density at radius 2 is 1.87 bits per heavy atom. The van der Waals surface area contributed by atoms with E-state index >= 15 is 0 Å². The zero-order valence-electron chi connectivity index (χ0n) is 17.3. The highest BCUT2D eigenvalue weighted by Crippen LogP contribution is 2.22. The van der Waals surface area contributed by atoms with Crippen molar-refractivity contribution >= 4 is 29.0 Å². The van der Waals surface area contributed by atoms with Crippen molar-refractivity contribution in [3.63, 3.8) is 0 Å². The molecule has 1 fully saturated rings. The van der Waals surface area contributed by atoms with E-state index in [0.29, 0.717) is 44.4 Å². The summed E-state index contributed by atoms with van der Waals surface area (Å²) in [6, 6.07) is 13.8. The van der Waals surface area contributed by atoms with Gasteiger partial charge in [-0.1, -0.05) is 30.3 Å². The van der Waals surface area contributed by atoms with Gasteiger partial charge in [-0.15, -0.1) is 5.10 Å². The van der Waals surface area contributed by atoms with Crippen LogP contribution in [-0.2, 0) is 18.3 Å². The molecule has 9 heteroatoms. The van der Waals surface area contributed by atoms with Crippen molar-refractivity contribution in [1.82, 2.24) is 29.0 Å². The lowest BCUT2D eigenvalue weighted by atomic mass is 10.1. The van der Waals surface area contributed by atoms with Crippen LogP contribution < -0.4 is 10.2 Å². The van der Waals surface area contributed by atoms with Crippen LogP contribution in [0.25, 0.3) is 5.52 Å². The van der Waals surface area contributed by atoms with Crippen LogP contribution >= 0.6 is 0 Å². The van der Waals surface area contributed by atoms with Gasteiger partial charge in [0.15, 0.2) is 5.82 Å². The SMILES string of the molecule is Cn1cnc(Nc2nc(N3CCN(C(=O)Cc4ccccc4)CC3)nn3cccc23)c1. The maximum Gasteiger partial charge on any atom is 0.245 e. The second-order valence-corrected chi connectivity index (χ2v) is 7.68. The Balaban J connectivity index is 1.30. The molecule has 1 aromatic carbocycles. The number of rotatable bonds is 5.